The fraction of sp³-hybridized carbons (Fsp3) is 0.273. The number of carbonyl (C=O) groups excluding carboxylic acids is 2. The Morgan fingerprint density at radius 3 is 2.58 bits per heavy atom. The molecule has 2 N–H and O–H groups in total. The Kier molecular flexibility index (Phi) is 7.86. The molecular formula is C22H24BrN5O2S. The van der Waals surface area contributed by atoms with Crippen molar-refractivity contribution < 1.29 is 9.59 Å². The number of aromatic nitrogens is 3. The summed E-state index contributed by atoms with van der Waals surface area (Å²) in [7, 11) is 0. The quantitative estimate of drug-likeness (QED) is 0.440. The van der Waals surface area contributed by atoms with Crippen molar-refractivity contribution in [1.82, 2.24) is 20.1 Å². The van der Waals surface area contributed by atoms with Crippen LogP contribution < -0.4 is 10.6 Å². The highest BCUT2D eigenvalue weighted by atomic mass is 79.9. The van der Waals surface area contributed by atoms with Crippen LogP contribution in [0.1, 0.15) is 41.6 Å². The maximum Gasteiger partial charge on any atom is 0.251 e. The molecule has 0 radical (unpaired) electrons. The van der Waals surface area contributed by atoms with E-state index >= 15 is 0 Å². The van der Waals surface area contributed by atoms with E-state index in [2.05, 4.69) is 36.8 Å². The molecule has 0 saturated heterocycles. The molecule has 3 rings (SSSR count). The van der Waals surface area contributed by atoms with Crippen molar-refractivity contribution in [3.63, 3.8) is 0 Å². The van der Waals surface area contributed by atoms with Crippen molar-refractivity contribution in [2.75, 3.05) is 11.1 Å². The molecule has 1 aromatic heterocycles. The summed E-state index contributed by atoms with van der Waals surface area (Å²) in [6.07, 6.45) is 0. The lowest BCUT2D eigenvalue weighted by Crippen LogP contribution is -2.28. The second kappa shape index (κ2) is 10.6. The van der Waals surface area contributed by atoms with Crippen molar-refractivity contribution in [1.29, 1.82) is 0 Å². The Hall–Kier alpha value is -2.65. The van der Waals surface area contributed by atoms with E-state index in [0.717, 1.165) is 15.7 Å². The zero-order valence-electron chi connectivity index (χ0n) is 17.6. The number of anilines is 1. The summed E-state index contributed by atoms with van der Waals surface area (Å²) in [6.45, 7) is 6.42. The molecule has 0 aliphatic rings. The first-order valence-electron chi connectivity index (χ1n) is 9.86. The Balaban J connectivity index is 1.62. The molecule has 9 heteroatoms. The van der Waals surface area contributed by atoms with Crippen molar-refractivity contribution >= 4 is 45.2 Å². The first-order chi connectivity index (χ1) is 14.9. The van der Waals surface area contributed by atoms with Crippen LogP contribution in [0.5, 0.6) is 0 Å². The topological polar surface area (TPSA) is 88.9 Å². The summed E-state index contributed by atoms with van der Waals surface area (Å²) in [5.41, 5.74) is 2.35. The molecule has 2 aromatic carbocycles. The summed E-state index contributed by atoms with van der Waals surface area (Å²) in [5.74, 6) is 0.571. The van der Waals surface area contributed by atoms with Crippen LogP contribution in [0.25, 0.3) is 0 Å². The molecule has 31 heavy (non-hydrogen) atoms. The monoisotopic (exact) mass is 501 g/mol. The first-order valence-corrected chi connectivity index (χ1v) is 11.6. The van der Waals surface area contributed by atoms with Crippen LogP contribution in [-0.4, -0.2) is 32.3 Å². The predicted octanol–water partition coefficient (Wildman–Crippen LogP) is 4.59. The fourth-order valence-corrected chi connectivity index (χ4v) is 4.33. The van der Waals surface area contributed by atoms with Crippen LogP contribution in [-0.2, 0) is 11.3 Å². The maximum absolute atomic E-state index is 12.4. The average Bonchev–Trinajstić information content (AvgIpc) is 3.18. The van der Waals surface area contributed by atoms with Crippen LogP contribution in [0.15, 0.2) is 58.2 Å². The Bertz CT molecular complexity index is 1070. The van der Waals surface area contributed by atoms with Gasteiger partial charge in [-0.05, 0) is 56.7 Å². The fourth-order valence-electron chi connectivity index (χ4n) is 3.04. The molecule has 0 unspecified atom stereocenters. The van der Waals surface area contributed by atoms with Crippen molar-refractivity contribution in [2.45, 2.75) is 38.5 Å². The van der Waals surface area contributed by atoms with E-state index in [9.17, 15) is 9.59 Å². The second-order valence-corrected chi connectivity index (χ2v) is 8.80. The zero-order valence-corrected chi connectivity index (χ0v) is 20.0. The van der Waals surface area contributed by atoms with Gasteiger partial charge in [0, 0.05) is 22.3 Å². The molecular weight excluding hydrogens is 478 g/mol. The van der Waals surface area contributed by atoms with E-state index in [1.165, 1.54) is 11.8 Å². The Morgan fingerprint density at radius 1 is 1.16 bits per heavy atom. The summed E-state index contributed by atoms with van der Waals surface area (Å²) >= 11 is 4.74. The molecule has 1 atom stereocenters. The number of nitrogens with zero attached hydrogens (tertiary/aromatic N) is 3. The molecule has 1 heterocycles. The van der Waals surface area contributed by atoms with E-state index in [4.69, 9.17) is 0 Å². The molecule has 0 bridgehead atoms. The van der Waals surface area contributed by atoms with Gasteiger partial charge >= 0.3 is 0 Å². The van der Waals surface area contributed by atoms with Crippen molar-refractivity contribution in [3.05, 3.63) is 70.0 Å². The molecule has 162 valence electrons. The van der Waals surface area contributed by atoms with E-state index in [1.807, 2.05) is 61.7 Å². The summed E-state index contributed by atoms with van der Waals surface area (Å²) in [4.78, 5) is 24.8. The summed E-state index contributed by atoms with van der Waals surface area (Å²) in [6, 6.07) is 14.4. The van der Waals surface area contributed by atoms with E-state index in [-0.39, 0.29) is 23.6 Å². The number of halogens is 1. The van der Waals surface area contributed by atoms with Crippen molar-refractivity contribution in [3.8, 4) is 0 Å². The van der Waals surface area contributed by atoms with Gasteiger partial charge in [0.2, 0.25) is 5.91 Å². The molecule has 0 aliphatic carbocycles. The lowest BCUT2D eigenvalue weighted by atomic mass is 10.2. The van der Waals surface area contributed by atoms with Gasteiger partial charge in [0.05, 0.1) is 11.8 Å². The predicted molar refractivity (Wildman–Crippen MR) is 126 cm³/mol. The molecule has 0 aliphatic heterocycles. The van der Waals surface area contributed by atoms with Crippen LogP contribution in [0.4, 0.5) is 5.69 Å². The molecule has 3 aromatic rings. The number of rotatable bonds is 8. The smallest absolute Gasteiger partial charge is 0.251 e. The third kappa shape index (κ3) is 5.95. The summed E-state index contributed by atoms with van der Waals surface area (Å²) in [5, 5.41) is 15.0. The number of hydrogen-bond donors (Lipinski definition) is 2. The molecule has 2 amide bonds. The van der Waals surface area contributed by atoms with Crippen LogP contribution in [0.3, 0.4) is 0 Å². The SMILES string of the molecule is CCn1c(SCC(=O)Nc2ccc(Br)cc2C)nnc1[C@@H](C)NC(=O)c1ccccc1. The van der Waals surface area contributed by atoms with E-state index in [1.54, 1.807) is 12.1 Å². The lowest BCUT2D eigenvalue weighted by Gasteiger charge is -2.15. The van der Waals surface area contributed by atoms with Crippen LogP contribution in [0.2, 0.25) is 0 Å². The van der Waals surface area contributed by atoms with Crippen LogP contribution >= 0.6 is 27.7 Å². The number of nitrogens with one attached hydrogen (secondary N) is 2. The van der Waals surface area contributed by atoms with Crippen molar-refractivity contribution in [2.24, 2.45) is 0 Å². The van der Waals surface area contributed by atoms with Gasteiger partial charge in [-0.2, -0.15) is 0 Å². The number of amides is 2. The van der Waals surface area contributed by atoms with Gasteiger partial charge in [-0.1, -0.05) is 45.9 Å². The highest BCUT2D eigenvalue weighted by Crippen LogP contribution is 2.23. The minimum Gasteiger partial charge on any atom is -0.342 e. The normalized spacial score (nSPS) is 11.7. The first kappa shape index (κ1) is 23.0. The molecule has 0 saturated carbocycles. The summed E-state index contributed by atoms with van der Waals surface area (Å²) < 4.78 is 2.88. The maximum atomic E-state index is 12.4. The third-order valence-corrected chi connectivity index (χ3v) is 6.09. The van der Waals surface area contributed by atoms with Crippen LogP contribution in [0, 0.1) is 6.92 Å². The highest BCUT2D eigenvalue weighted by Gasteiger charge is 2.20. The average molecular weight is 502 g/mol. The number of benzene rings is 2. The number of aryl methyl sites for hydroxylation is 1. The van der Waals surface area contributed by atoms with E-state index in [0.29, 0.717) is 23.1 Å². The zero-order chi connectivity index (χ0) is 22.4. The van der Waals surface area contributed by atoms with Gasteiger partial charge in [0.15, 0.2) is 11.0 Å². The minimum absolute atomic E-state index is 0.118. The number of thioether (sulfide) groups is 1. The van der Waals surface area contributed by atoms with Gasteiger partial charge in [-0.3, -0.25) is 9.59 Å². The van der Waals surface area contributed by atoms with Gasteiger partial charge in [-0.25, -0.2) is 0 Å². The second-order valence-electron chi connectivity index (χ2n) is 6.94. The Labute approximate surface area is 194 Å². The number of carbonyl (C=O) groups is 2. The standard InChI is InChI=1S/C22H24BrN5O2S/c1-4-28-20(15(3)24-21(30)16-8-6-5-7-9-16)26-27-22(28)31-13-19(29)25-18-11-10-17(23)12-14(18)2/h5-12,15H,4,13H2,1-3H3,(H,24,30)(H,25,29)/t15-/m1/s1. The van der Waals surface area contributed by atoms with Gasteiger partial charge in [0.25, 0.3) is 5.91 Å². The van der Waals surface area contributed by atoms with Gasteiger partial charge in [-0.15, -0.1) is 10.2 Å². The largest absolute Gasteiger partial charge is 0.342 e. The van der Waals surface area contributed by atoms with Gasteiger partial charge in [0.1, 0.15) is 0 Å². The molecule has 0 spiro atoms. The third-order valence-electron chi connectivity index (χ3n) is 4.63. The molecule has 7 nitrogen and oxygen atoms in total. The molecule has 0 fully saturated rings. The Morgan fingerprint density at radius 2 is 1.90 bits per heavy atom. The number of hydrogen-bond acceptors (Lipinski definition) is 5. The van der Waals surface area contributed by atoms with Gasteiger partial charge < -0.3 is 15.2 Å². The lowest BCUT2D eigenvalue weighted by molar-refractivity contribution is -0.113. The minimum atomic E-state index is -0.325. The van der Waals surface area contributed by atoms with E-state index < -0.39 is 0 Å². The highest BCUT2D eigenvalue weighted by molar-refractivity contribution is 9.10.